The molecule has 4 nitrogen and oxygen atoms in total. The van der Waals surface area contributed by atoms with Crippen LogP contribution in [0.25, 0.3) is 88.8 Å². The van der Waals surface area contributed by atoms with Crippen LogP contribution in [0.4, 0.5) is 0 Å². The lowest BCUT2D eigenvalue weighted by molar-refractivity contribution is 0.299. The van der Waals surface area contributed by atoms with Gasteiger partial charge in [-0.05, 0) is 91.0 Å². The Morgan fingerprint density at radius 2 is 0.980 bits per heavy atom. The Bertz CT molecular complexity index is 2860. The van der Waals surface area contributed by atoms with Gasteiger partial charge in [-0.15, -0.1) is 0 Å². The fourth-order valence-corrected chi connectivity index (χ4v) is 8.12. The molecule has 0 atom stereocenters. The van der Waals surface area contributed by atoms with Crippen molar-refractivity contribution in [3.8, 4) is 45.3 Å². The highest BCUT2D eigenvalue weighted by Gasteiger charge is 2.46. The first-order chi connectivity index (χ1) is 24.8. The molecule has 1 aliphatic carbocycles. The van der Waals surface area contributed by atoms with E-state index in [0.29, 0.717) is 17.5 Å². The number of rotatable bonds is 3. The van der Waals surface area contributed by atoms with Crippen molar-refractivity contribution in [1.29, 1.82) is 0 Å². The van der Waals surface area contributed by atoms with E-state index in [4.69, 9.17) is 19.4 Å². The average molecular weight is 658 g/mol. The number of benzene rings is 7. The van der Waals surface area contributed by atoms with Gasteiger partial charge in [0.15, 0.2) is 17.5 Å². The van der Waals surface area contributed by atoms with Crippen LogP contribution in [0.3, 0.4) is 0 Å². The molecule has 0 fully saturated rings. The summed E-state index contributed by atoms with van der Waals surface area (Å²) < 4.78 is 6.25. The lowest BCUT2D eigenvalue weighted by Gasteiger charge is -2.48. The number of fused-ring (bicyclic) bond motifs is 9. The molecule has 0 bridgehead atoms. The first-order valence-electron chi connectivity index (χ1n) is 17.6. The third-order valence-corrected chi connectivity index (χ3v) is 11.7. The Balaban J connectivity index is 1.16. The molecule has 9 aromatic rings. The lowest BCUT2D eigenvalue weighted by Crippen LogP contribution is -2.43. The van der Waals surface area contributed by atoms with E-state index < -0.39 is 0 Å². The van der Waals surface area contributed by atoms with Gasteiger partial charge in [0.2, 0.25) is 0 Å². The van der Waals surface area contributed by atoms with Crippen molar-refractivity contribution in [3.05, 3.63) is 151 Å². The van der Waals surface area contributed by atoms with Crippen molar-refractivity contribution < 1.29 is 4.42 Å². The van der Waals surface area contributed by atoms with Gasteiger partial charge in [0, 0.05) is 27.5 Å². The number of hydrogen-bond acceptors (Lipinski definition) is 4. The van der Waals surface area contributed by atoms with E-state index in [2.05, 4.69) is 113 Å². The molecule has 244 valence electrons. The SMILES string of the molecule is CC1(C)c2cc(-c3nc(-c4ccccc4)nc(-c4ccc5c(c4)oc4ccccc45)n3)ccc2-c2cc3ccc4ccccc4c3cc2C1(C)C. The second kappa shape index (κ2) is 10.7. The number of aromatic nitrogens is 3. The van der Waals surface area contributed by atoms with Crippen LogP contribution in [0, 0.1) is 0 Å². The van der Waals surface area contributed by atoms with Crippen molar-refractivity contribution >= 4 is 43.5 Å². The number of para-hydroxylation sites is 1. The van der Waals surface area contributed by atoms with Crippen LogP contribution in [0.1, 0.15) is 38.8 Å². The first kappa shape index (κ1) is 29.8. The summed E-state index contributed by atoms with van der Waals surface area (Å²) in [6.45, 7) is 9.54. The minimum absolute atomic E-state index is 0.152. The Morgan fingerprint density at radius 3 is 1.76 bits per heavy atom. The highest BCUT2D eigenvalue weighted by atomic mass is 16.3. The molecule has 0 saturated heterocycles. The third-order valence-electron chi connectivity index (χ3n) is 11.7. The van der Waals surface area contributed by atoms with E-state index in [1.165, 1.54) is 43.8 Å². The zero-order chi connectivity index (χ0) is 34.5. The van der Waals surface area contributed by atoms with Gasteiger partial charge in [0.1, 0.15) is 11.2 Å². The minimum atomic E-state index is -0.186. The molecule has 7 aromatic carbocycles. The Kier molecular flexibility index (Phi) is 6.23. The van der Waals surface area contributed by atoms with Crippen molar-refractivity contribution in [3.63, 3.8) is 0 Å². The second-order valence-electron chi connectivity index (χ2n) is 14.9. The topological polar surface area (TPSA) is 51.8 Å². The van der Waals surface area contributed by atoms with Crippen LogP contribution in [-0.2, 0) is 10.8 Å². The Morgan fingerprint density at radius 1 is 0.392 bits per heavy atom. The fraction of sp³-hybridized carbons (Fsp3) is 0.128. The van der Waals surface area contributed by atoms with Gasteiger partial charge in [0.25, 0.3) is 0 Å². The van der Waals surface area contributed by atoms with E-state index >= 15 is 0 Å². The molecule has 51 heavy (non-hydrogen) atoms. The summed E-state index contributed by atoms with van der Waals surface area (Å²) in [5, 5.41) is 7.31. The van der Waals surface area contributed by atoms with Gasteiger partial charge < -0.3 is 4.42 Å². The number of nitrogens with zero attached hydrogens (tertiary/aromatic N) is 3. The molecule has 1 aliphatic rings. The van der Waals surface area contributed by atoms with E-state index in [1.54, 1.807) is 0 Å². The molecule has 0 unspecified atom stereocenters. The molecule has 0 radical (unpaired) electrons. The zero-order valence-corrected chi connectivity index (χ0v) is 29.0. The second-order valence-corrected chi connectivity index (χ2v) is 14.9. The summed E-state index contributed by atoms with van der Waals surface area (Å²) in [6, 6.07) is 49.4. The first-order valence-corrected chi connectivity index (χ1v) is 17.6. The third kappa shape index (κ3) is 4.42. The summed E-state index contributed by atoms with van der Waals surface area (Å²) in [5.74, 6) is 1.90. The van der Waals surface area contributed by atoms with Crippen LogP contribution in [0.5, 0.6) is 0 Å². The van der Waals surface area contributed by atoms with Gasteiger partial charge in [-0.2, -0.15) is 0 Å². The monoisotopic (exact) mass is 657 g/mol. The molecule has 0 N–H and O–H groups in total. The summed E-state index contributed by atoms with van der Waals surface area (Å²) in [4.78, 5) is 15.3. The van der Waals surface area contributed by atoms with Crippen LogP contribution in [0.15, 0.2) is 144 Å². The normalized spacial score (nSPS) is 14.6. The Hall–Kier alpha value is -6.13. The van der Waals surface area contributed by atoms with Gasteiger partial charge in [-0.25, -0.2) is 15.0 Å². The molecule has 0 spiro atoms. The lowest BCUT2D eigenvalue weighted by atomic mass is 9.55. The molecule has 10 rings (SSSR count). The van der Waals surface area contributed by atoms with Crippen molar-refractivity contribution in [2.75, 3.05) is 0 Å². The summed E-state index contributed by atoms with van der Waals surface area (Å²) in [5.41, 5.74) is 9.38. The zero-order valence-electron chi connectivity index (χ0n) is 29.0. The molecular weight excluding hydrogens is 623 g/mol. The molecule has 0 saturated carbocycles. The van der Waals surface area contributed by atoms with Crippen LogP contribution in [-0.4, -0.2) is 15.0 Å². The summed E-state index contributed by atoms with van der Waals surface area (Å²) in [6.07, 6.45) is 0. The standard InChI is InChI=1S/C47H35N3O/c1-46(2)39-25-31(20-22-34(39)38-24-30-19-18-28-12-8-9-15-33(28)37(30)27-40(38)47(46,3)4)44-48-43(29-13-6-5-7-14-29)49-45(50-44)32-21-23-36-35-16-10-11-17-41(35)51-42(36)26-32/h5-27H,1-4H3. The van der Waals surface area contributed by atoms with Gasteiger partial charge in [0.05, 0.1) is 0 Å². The highest BCUT2D eigenvalue weighted by Crippen LogP contribution is 2.55. The van der Waals surface area contributed by atoms with Crippen molar-refractivity contribution in [1.82, 2.24) is 15.0 Å². The van der Waals surface area contributed by atoms with Crippen LogP contribution in [0.2, 0.25) is 0 Å². The molecule has 2 aromatic heterocycles. The molecule has 2 heterocycles. The maximum Gasteiger partial charge on any atom is 0.164 e. The quantitative estimate of drug-likeness (QED) is 0.177. The summed E-state index contributed by atoms with van der Waals surface area (Å²) in [7, 11) is 0. The van der Waals surface area contributed by atoms with E-state index in [0.717, 1.165) is 38.6 Å². The minimum Gasteiger partial charge on any atom is -0.456 e. The molecule has 0 amide bonds. The Labute approximate surface area is 296 Å². The van der Waals surface area contributed by atoms with Crippen LogP contribution >= 0.6 is 0 Å². The van der Waals surface area contributed by atoms with Crippen molar-refractivity contribution in [2.24, 2.45) is 0 Å². The smallest absolute Gasteiger partial charge is 0.164 e. The van der Waals surface area contributed by atoms with E-state index in [9.17, 15) is 0 Å². The number of hydrogen-bond donors (Lipinski definition) is 0. The average Bonchev–Trinajstić information content (AvgIpc) is 3.55. The number of furan rings is 1. The fourth-order valence-electron chi connectivity index (χ4n) is 8.12. The highest BCUT2D eigenvalue weighted by molar-refractivity contribution is 6.09. The maximum absolute atomic E-state index is 6.25. The summed E-state index contributed by atoms with van der Waals surface area (Å²) >= 11 is 0. The van der Waals surface area contributed by atoms with Crippen LogP contribution < -0.4 is 0 Å². The van der Waals surface area contributed by atoms with Gasteiger partial charge in [-0.1, -0.05) is 131 Å². The van der Waals surface area contributed by atoms with Crippen molar-refractivity contribution in [2.45, 2.75) is 38.5 Å². The van der Waals surface area contributed by atoms with E-state index in [-0.39, 0.29) is 10.8 Å². The molecular formula is C47H35N3O. The molecule has 0 aliphatic heterocycles. The predicted molar refractivity (Wildman–Crippen MR) is 210 cm³/mol. The van der Waals surface area contributed by atoms with E-state index in [1.807, 2.05) is 54.6 Å². The van der Waals surface area contributed by atoms with Gasteiger partial charge >= 0.3 is 0 Å². The maximum atomic E-state index is 6.25. The predicted octanol–water partition coefficient (Wildman–Crippen LogP) is 12.3. The van der Waals surface area contributed by atoms with Gasteiger partial charge in [-0.3, -0.25) is 0 Å². The largest absolute Gasteiger partial charge is 0.456 e. The molecule has 4 heteroatoms.